The van der Waals surface area contributed by atoms with Crippen LogP contribution in [-0.4, -0.2) is 20.4 Å². The van der Waals surface area contributed by atoms with Crippen LogP contribution in [0.4, 0.5) is 0 Å². The maximum atomic E-state index is 10.1. The molecule has 0 aromatic rings. The normalized spacial score (nSPS) is 35.0. The lowest BCUT2D eigenvalue weighted by Gasteiger charge is -2.47. The Balaban J connectivity index is 2.82. The van der Waals surface area contributed by atoms with Crippen LogP contribution in [-0.2, 0) is 0 Å². The SMILES string of the molecule is C=CC(C)(O)CC[C@H]1C(=C)[C@@H](Br)C[C@H](Br)C1(C)C. The summed E-state index contributed by atoms with van der Waals surface area (Å²) in [5.74, 6) is 0.409. The van der Waals surface area contributed by atoms with E-state index in [-0.39, 0.29) is 5.41 Å². The van der Waals surface area contributed by atoms with Gasteiger partial charge in [0.05, 0.1) is 5.60 Å². The van der Waals surface area contributed by atoms with Crippen molar-refractivity contribution in [1.29, 1.82) is 0 Å². The summed E-state index contributed by atoms with van der Waals surface area (Å²) in [5.41, 5.74) is 0.645. The summed E-state index contributed by atoms with van der Waals surface area (Å²) in [6, 6.07) is 0. The topological polar surface area (TPSA) is 20.2 Å². The Labute approximate surface area is 128 Å². The largest absolute Gasteiger partial charge is 0.386 e. The molecule has 0 aromatic carbocycles. The fourth-order valence-corrected chi connectivity index (χ4v) is 4.53. The van der Waals surface area contributed by atoms with E-state index in [1.54, 1.807) is 6.08 Å². The van der Waals surface area contributed by atoms with Gasteiger partial charge in [-0.05, 0) is 37.5 Å². The van der Waals surface area contributed by atoms with Crippen LogP contribution >= 0.6 is 31.9 Å². The predicted octanol–water partition coefficient (Wildman–Crippen LogP) is 4.83. The van der Waals surface area contributed by atoms with Gasteiger partial charge in [-0.2, -0.15) is 0 Å². The number of aliphatic hydroxyl groups is 1. The molecule has 1 rings (SSSR count). The van der Waals surface area contributed by atoms with Crippen LogP contribution in [0.25, 0.3) is 0 Å². The van der Waals surface area contributed by atoms with Gasteiger partial charge in [0.2, 0.25) is 0 Å². The molecule has 0 saturated heterocycles. The first-order valence-electron chi connectivity index (χ1n) is 6.44. The second kappa shape index (κ2) is 5.80. The second-order valence-corrected chi connectivity index (χ2v) is 8.43. The van der Waals surface area contributed by atoms with Gasteiger partial charge in [0.1, 0.15) is 0 Å². The lowest BCUT2D eigenvalue weighted by molar-refractivity contribution is 0.0818. The summed E-state index contributed by atoms with van der Waals surface area (Å²) in [6.45, 7) is 14.3. The molecule has 1 fully saturated rings. The highest BCUT2D eigenvalue weighted by molar-refractivity contribution is 9.10. The summed E-state index contributed by atoms with van der Waals surface area (Å²) in [6.07, 6.45) is 4.36. The van der Waals surface area contributed by atoms with E-state index in [0.717, 1.165) is 19.3 Å². The quantitative estimate of drug-likeness (QED) is 0.547. The van der Waals surface area contributed by atoms with E-state index in [2.05, 4.69) is 58.9 Å². The van der Waals surface area contributed by atoms with E-state index < -0.39 is 5.60 Å². The van der Waals surface area contributed by atoms with Crippen molar-refractivity contribution in [3.05, 3.63) is 24.8 Å². The van der Waals surface area contributed by atoms with Crippen LogP contribution in [0.3, 0.4) is 0 Å². The van der Waals surface area contributed by atoms with E-state index in [0.29, 0.717) is 15.6 Å². The van der Waals surface area contributed by atoms with E-state index in [9.17, 15) is 5.11 Å². The van der Waals surface area contributed by atoms with Crippen molar-refractivity contribution in [2.75, 3.05) is 0 Å². The molecule has 1 aliphatic rings. The van der Waals surface area contributed by atoms with Crippen molar-refractivity contribution in [3.63, 3.8) is 0 Å². The van der Waals surface area contributed by atoms with E-state index in [1.165, 1.54) is 5.57 Å². The Bertz CT molecular complexity index is 333. The lowest BCUT2D eigenvalue weighted by Crippen LogP contribution is -2.43. The molecule has 0 aliphatic heterocycles. The molecule has 18 heavy (non-hydrogen) atoms. The Kier molecular flexibility index (Phi) is 5.30. The van der Waals surface area contributed by atoms with Crippen LogP contribution in [0.5, 0.6) is 0 Å². The fourth-order valence-electron chi connectivity index (χ4n) is 2.65. The van der Waals surface area contributed by atoms with E-state index >= 15 is 0 Å². The maximum Gasteiger partial charge on any atom is 0.0797 e. The zero-order valence-electron chi connectivity index (χ0n) is 11.5. The molecule has 0 amide bonds. The minimum absolute atomic E-state index is 0.165. The summed E-state index contributed by atoms with van der Waals surface area (Å²) in [7, 11) is 0. The molecule has 0 radical (unpaired) electrons. The van der Waals surface area contributed by atoms with Gasteiger partial charge in [0.25, 0.3) is 0 Å². The van der Waals surface area contributed by atoms with Crippen LogP contribution < -0.4 is 0 Å². The molecule has 1 N–H and O–H groups in total. The van der Waals surface area contributed by atoms with Crippen LogP contribution in [0.2, 0.25) is 0 Å². The first-order chi connectivity index (χ1) is 8.12. The van der Waals surface area contributed by atoms with E-state index in [4.69, 9.17) is 0 Å². The van der Waals surface area contributed by atoms with Gasteiger partial charge >= 0.3 is 0 Å². The Morgan fingerprint density at radius 3 is 2.56 bits per heavy atom. The molecule has 4 atom stereocenters. The van der Waals surface area contributed by atoms with Crippen LogP contribution in [0.1, 0.15) is 40.0 Å². The number of rotatable bonds is 4. The Morgan fingerprint density at radius 1 is 1.50 bits per heavy atom. The number of halogens is 2. The predicted molar refractivity (Wildman–Crippen MR) is 86.5 cm³/mol. The second-order valence-electron chi connectivity index (χ2n) is 6.22. The standard InChI is InChI=1S/C15H24Br2O/c1-6-15(5,18)8-7-11-10(2)12(16)9-13(17)14(11,3)4/h6,11-13,18H,1-2,7-9H2,3-5H3/t11-,12-,13-,15?/m0/s1. The molecule has 104 valence electrons. The lowest BCUT2D eigenvalue weighted by atomic mass is 9.64. The van der Waals surface area contributed by atoms with Gasteiger partial charge in [-0.1, -0.05) is 63.9 Å². The third kappa shape index (κ3) is 3.49. The van der Waals surface area contributed by atoms with Gasteiger partial charge in [0, 0.05) is 9.65 Å². The van der Waals surface area contributed by atoms with Crippen LogP contribution in [0, 0.1) is 11.3 Å². The maximum absolute atomic E-state index is 10.1. The summed E-state index contributed by atoms with van der Waals surface area (Å²) >= 11 is 7.51. The zero-order valence-corrected chi connectivity index (χ0v) is 14.7. The smallest absolute Gasteiger partial charge is 0.0797 e. The average Bonchev–Trinajstić information content (AvgIpc) is 2.26. The highest BCUT2D eigenvalue weighted by Crippen LogP contribution is 2.50. The van der Waals surface area contributed by atoms with E-state index in [1.807, 2.05) is 6.92 Å². The molecule has 0 heterocycles. The van der Waals surface area contributed by atoms with Gasteiger partial charge < -0.3 is 5.11 Å². The number of hydrogen-bond donors (Lipinski definition) is 1. The number of hydrogen-bond acceptors (Lipinski definition) is 1. The minimum atomic E-state index is -0.780. The molecular weight excluding hydrogens is 356 g/mol. The summed E-state index contributed by atoms with van der Waals surface area (Å²) in [5, 5.41) is 10.1. The van der Waals surface area contributed by atoms with Crippen LogP contribution in [0.15, 0.2) is 24.8 Å². The van der Waals surface area contributed by atoms with Gasteiger partial charge in [-0.15, -0.1) is 6.58 Å². The highest BCUT2D eigenvalue weighted by atomic mass is 79.9. The molecule has 0 aromatic heterocycles. The molecule has 1 nitrogen and oxygen atoms in total. The third-order valence-corrected chi connectivity index (χ3v) is 6.86. The third-order valence-electron chi connectivity index (χ3n) is 4.35. The molecule has 3 heteroatoms. The van der Waals surface area contributed by atoms with Crippen molar-refractivity contribution < 1.29 is 5.11 Å². The Morgan fingerprint density at radius 2 is 2.06 bits per heavy atom. The van der Waals surface area contributed by atoms with Crippen molar-refractivity contribution in [3.8, 4) is 0 Å². The average molecular weight is 380 g/mol. The van der Waals surface area contributed by atoms with Crippen molar-refractivity contribution in [2.24, 2.45) is 11.3 Å². The highest BCUT2D eigenvalue weighted by Gasteiger charge is 2.44. The van der Waals surface area contributed by atoms with Crippen molar-refractivity contribution in [2.45, 2.75) is 55.3 Å². The van der Waals surface area contributed by atoms with Gasteiger partial charge in [0.15, 0.2) is 0 Å². The van der Waals surface area contributed by atoms with Gasteiger partial charge in [-0.3, -0.25) is 0 Å². The van der Waals surface area contributed by atoms with Crippen molar-refractivity contribution in [1.82, 2.24) is 0 Å². The molecular formula is C15H24Br2O. The molecule has 1 unspecified atom stereocenters. The summed E-state index contributed by atoms with van der Waals surface area (Å²) in [4.78, 5) is 0.840. The first-order valence-corrected chi connectivity index (χ1v) is 8.27. The molecule has 0 spiro atoms. The number of alkyl halides is 2. The monoisotopic (exact) mass is 378 g/mol. The molecule has 0 bridgehead atoms. The molecule has 1 saturated carbocycles. The fraction of sp³-hybridized carbons (Fsp3) is 0.733. The molecule has 1 aliphatic carbocycles. The Hall–Kier alpha value is 0.400. The first kappa shape index (κ1) is 16.5. The number of allylic oxidation sites excluding steroid dienone is 1. The van der Waals surface area contributed by atoms with Crippen molar-refractivity contribution >= 4 is 31.9 Å². The summed E-state index contributed by atoms with van der Waals surface area (Å²) < 4.78 is 0. The zero-order chi connectivity index (χ0) is 14.1. The van der Waals surface area contributed by atoms with Gasteiger partial charge in [-0.25, -0.2) is 0 Å². The minimum Gasteiger partial charge on any atom is -0.386 e.